The van der Waals surface area contributed by atoms with Crippen molar-refractivity contribution >= 4 is 5.78 Å². The lowest BCUT2D eigenvalue weighted by Crippen LogP contribution is -2.07. The molecule has 15 heavy (non-hydrogen) atoms. The second-order valence-corrected chi connectivity index (χ2v) is 3.60. The molecule has 0 bridgehead atoms. The number of hydrogen-bond donors (Lipinski definition) is 0. The maximum absolute atomic E-state index is 11.7. The summed E-state index contributed by atoms with van der Waals surface area (Å²) in [7, 11) is 0. The Labute approximate surface area is 89.0 Å². The van der Waals surface area contributed by atoms with Crippen LogP contribution < -0.4 is 4.74 Å². The fourth-order valence-electron chi connectivity index (χ4n) is 1.51. The first kappa shape index (κ1) is 10.2. The number of epoxide rings is 1. The molecule has 1 heterocycles. The molecule has 80 valence electrons. The van der Waals surface area contributed by atoms with E-state index in [1.54, 1.807) is 6.07 Å². The van der Waals surface area contributed by atoms with Crippen LogP contribution >= 0.6 is 0 Å². The van der Waals surface area contributed by atoms with E-state index in [2.05, 4.69) is 0 Å². The first-order valence-electron chi connectivity index (χ1n) is 5.11. The molecule has 1 fully saturated rings. The number of ketones is 1. The maximum atomic E-state index is 11.7. The zero-order chi connectivity index (χ0) is 10.8. The van der Waals surface area contributed by atoms with E-state index in [4.69, 9.17) is 9.47 Å². The molecule has 1 aromatic carbocycles. The molecule has 0 N–H and O–H groups in total. The number of rotatable bonds is 4. The Morgan fingerprint density at radius 2 is 2.33 bits per heavy atom. The number of ether oxygens (including phenoxy) is 2. The summed E-state index contributed by atoms with van der Waals surface area (Å²) in [4.78, 5) is 11.7. The maximum Gasteiger partial charge on any atom is 0.193 e. The summed E-state index contributed by atoms with van der Waals surface area (Å²) < 4.78 is 10.4. The molecule has 0 aliphatic carbocycles. The largest absolute Gasteiger partial charge is 0.494 e. The number of carbonyl (C=O) groups is 1. The quantitative estimate of drug-likeness (QED) is 0.558. The molecule has 1 aliphatic rings. The van der Waals surface area contributed by atoms with Gasteiger partial charge in [0.2, 0.25) is 0 Å². The Morgan fingerprint density at radius 3 is 2.87 bits per heavy atom. The molecular weight excluding hydrogens is 192 g/mol. The lowest BCUT2D eigenvalue weighted by atomic mass is 10.1. The fourth-order valence-corrected chi connectivity index (χ4v) is 1.51. The highest BCUT2D eigenvalue weighted by molar-refractivity contribution is 6.01. The number of Topliss-reactive ketones (excluding diaryl/α,β-unsaturated/α-hetero) is 1. The summed E-state index contributed by atoms with van der Waals surface area (Å²) in [5.41, 5.74) is 1.70. The highest BCUT2D eigenvalue weighted by Crippen LogP contribution is 2.22. The van der Waals surface area contributed by atoms with Crippen molar-refractivity contribution in [1.29, 1.82) is 0 Å². The van der Waals surface area contributed by atoms with Crippen molar-refractivity contribution in [3.05, 3.63) is 29.3 Å². The van der Waals surface area contributed by atoms with Gasteiger partial charge in [-0.25, -0.2) is 0 Å². The van der Waals surface area contributed by atoms with Gasteiger partial charge in [0, 0.05) is 5.56 Å². The van der Waals surface area contributed by atoms with Crippen molar-refractivity contribution < 1.29 is 14.3 Å². The topological polar surface area (TPSA) is 38.8 Å². The van der Waals surface area contributed by atoms with Gasteiger partial charge in [0.05, 0.1) is 13.2 Å². The average molecular weight is 206 g/mol. The van der Waals surface area contributed by atoms with Gasteiger partial charge >= 0.3 is 0 Å². The van der Waals surface area contributed by atoms with Crippen LogP contribution in [0.25, 0.3) is 0 Å². The van der Waals surface area contributed by atoms with E-state index in [9.17, 15) is 4.79 Å². The monoisotopic (exact) mass is 206 g/mol. The standard InChI is InChI=1S/C12H14O3/c1-3-14-10-5-4-9(6-8(10)2)12(13)11-7-15-11/h4-6,11H,3,7H2,1-2H3. The number of carbonyl (C=O) groups excluding carboxylic acids is 1. The molecule has 2 rings (SSSR count). The van der Waals surface area contributed by atoms with Crippen molar-refractivity contribution in [3.63, 3.8) is 0 Å². The van der Waals surface area contributed by atoms with Gasteiger partial charge in [-0.2, -0.15) is 0 Å². The van der Waals surface area contributed by atoms with Crippen molar-refractivity contribution in [1.82, 2.24) is 0 Å². The molecule has 0 saturated carbocycles. The summed E-state index contributed by atoms with van der Waals surface area (Å²) in [6.45, 7) is 5.08. The van der Waals surface area contributed by atoms with Crippen LogP contribution in [0.5, 0.6) is 5.75 Å². The molecule has 1 aliphatic heterocycles. The van der Waals surface area contributed by atoms with Gasteiger partial charge in [0.1, 0.15) is 11.9 Å². The van der Waals surface area contributed by atoms with Crippen LogP contribution in [-0.4, -0.2) is 25.1 Å². The van der Waals surface area contributed by atoms with E-state index in [1.165, 1.54) is 0 Å². The number of aryl methyl sites for hydroxylation is 1. The summed E-state index contributed by atoms with van der Waals surface area (Å²) in [5.74, 6) is 0.909. The highest BCUT2D eigenvalue weighted by Gasteiger charge is 2.32. The fraction of sp³-hybridized carbons (Fsp3) is 0.417. The number of benzene rings is 1. The molecule has 1 unspecified atom stereocenters. The smallest absolute Gasteiger partial charge is 0.193 e. The normalized spacial score (nSPS) is 18.7. The molecular formula is C12H14O3. The van der Waals surface area contributed by atoms with Crippen LogP contribution in [0.2, 0.25) is 0 Å². The van der Waals surface area contributed by atoms with Gasteiger partial charge in [-0.3, -0.25) is 4.79 Å². The number of hydrogen-bond acceptors (Lipinski definition) is 3. The van der Waals surface area contributed by atoms with Crippen LogP contribution in [-0.2, 0) is 4.74 Å². The Balaban J connectivity index is 2.20. The summed E-state index contributed by atoms with van der Waals surface area (Å²) in [5, 5.41) is 0. The van der Waals surface area contributed by atoms with Crippen molar-refractivity contribution in [2.75, 3.05) is 13.2 Å². The molecule has 1 atom stereocenters. The predicted molar refractivity (Wildman–Crippen MR) is 56.4 cm³/mol. The molecule has 0 spiro atoms. The van der Waals surface area contributed by atoms with Crippen LogP contribution in [0.1, 0.15) is 22.8 Å². The van der Waals surface area contributed by atoms with E-state index >= 15 is 0 Å². The van der Waals surface area contributed by atoms with Crippen LogP contribution in [0, 0.1) is 6.92 Å². The molecule has 1 aromatic rings. The lowest BCUT2D eigenvalue weighted by molar-refractivity contribution is 0.0953. The summed E-state index contributed by atoms with van der Waals surface area (Å²) in [6, 6.07) is 5.49. The van der Waals surface area contributed by atoms with E-state index in [0.29, 0.717) is 18.8 Å². The van der Waals surface area contributed by atoms with E-state index in [-0.39, 0.29) is 11.9 Å². The SMILES string of the molecule is CCOc1ccc(C(=O)C2CO2)cc1C. The van der Waals surface area contributed by atoms with Gasteiger partial charge in [0.15, 0.2) is 5.78 Å². The van der Waals surface area contributed by atoms with Crippen LogP contribution in [0.15, 0.2) is 18.2 Å². The van der Waals surface area contributed by atoms with Gasteiger partial charge in [-0.05, 0) is 37.6 Å². The zero-order valence-corrected chi connectivity index (χ0v) is 8.95. The third-order valence-electron chi connectivity index (χ3n) is 2.39. The highest BCUT2D eigenvalue weighted by atomic mass is 16.6. The van der Waals surface area contributed by atoms with Gasteiger partial charge < -0.3 is 9.47 Å². The third-order valence-corrected chi connectivity index (χ3v) is 2.39. The summed E-state index contributed by atoms with van der Waals surface area (Å²) >= 11 is 0. The van der Waals surface area contributed by atoms with E-state index in [1.807, 2.05) is 26.0 Å². The van der Waals surface area contributed by atoms with Gasteiger partial charge in [0.25, 0.3) is 0 Å². The Bertz CT molecular complexity index is 380. The molecule has 3 nitrogen and oxygen atoms in total. The average Bonchev–Trinajstić information content (AvgIpc) is 3.04. The predicted octanol–water partition coefficient (Wildman–Crippen LogP) is 1.98. The molecule has 0 aromatic heterocycles. The molecule has 3 heteroatoms. The first-order valence-corrected chi connectivity index (χ1v) is 5.11. The minimum Gasteiger partial charge on any atom is -0.494 e. The van der Waals surface area contributed by atoms with E-state index in [0.717, 1.165) is 11.3 Å². The first-order chi connectivity index (χ1) is 7.22. The van der Waals surface area contributed by atoms with Crippen molar-refractivity contribution in [2.45, 2.75) is 20.0 Å². The molecule has 1 saturated heterocycles. The third kappa shape index (κ3) is 2.18. The Kier molecular flexibility index (Phi) is 2.73. The second kappa shape index (κ2) is 4.03. The van der Waals surface area contributed by atoms with Crippen molar-refractivity contribution in [3.8, 4) is 5.75 Å². The van der Waals surface area contributed by atoms with Gasteiger partial charge in [-0.15, -0.1) is 0 Å². The van der Waals surface area contributed by atoms with Crippen LogP contribution in [0.4, 0.5) is 0 Å². The minimum atomic E-state index is -0.206. The Hall–Kier alpha value is -1.35. The molecule has 0 amide bonds. The van der Waals surface area contributed by atoms with Crippen LogP contribution in [0.3, 0.4) is 0 Å². The Morgan fingerprint density at radius 1 is 1.60 bits per heavy atom. The lowest BCUT2D eigenvalue weighted by Gasteiger charge is -2.07. The second-order valence-electron chi connectivity index (χ2n) is 3.60. The van der Waals surface area contributed by atoms with Crippen molar-refractivity contribution in [2.24, 2.45) is 0 Å². The zero-order valence-electron chi connectivity index (χ0n) is 8.95. The van der Waals surface area contributed by atoms with E-state index < -0.39 is 0 Å². The van der Waals surface area contributed by atoms with Gasteiger partial charge in [-0.1, -0.05) is 0 Å². The summed E-state index contributed by atoms with van der Waals surface area (Å²) in [6.07, 6.45) is -0.206. The molecule has 0 radical (unpaired) electrons. The minimum absolute atomic E-state index is 0.0705.